The van der Waals surface area contributed by atoms with Crippen molar-refractivity contribution in [3.8, 4) is 0 Å². The first-order valence-corrected chi connectivity index (χ1v) is 8.57. The van der Waals surface area contributed by atoms with Gasteiger partial charge in [-0.05, 0) is 30.3 Å². The normalized spacial score (nSPS) is 19.0. The van der Waals surface area contributed by atoms with Crippen LogP contribution in [0.15, 0.2) is 36.4 Å². The zero-order valence-electron chi connectivity index (χ0n) is 14.4. The van der Waals surface area contributed by atoms with Crippen LogP contribution in [0.25, 0.3) is 0 Å². The van der Waals surface area contributed by atoms with Crippen molar-refractivity contribution in [1.82, 2.24) is 10.6 Å². The molecule has 1 unspecified atom stereocenters. The second-order valence-electron chi connectivity index (χ2n) is 6.82. The van der Waals surface area contributed by atoms with E-state index in [2.05, 4.69) is 16.0 Å². The molecule has 146 valence electrons. The molecule has 0 saturated carbocycles. The number of benzene rings is 2. The molecular weight excluding hydrogens is 378 g/mol. The molecule has 4 rings (SSSR count). The van der Waals surface area contributed by atoms with Gasteiger partial charge in [0.15, 0.2) is 0 Å². The molecule has 2 heterocycles. The Kier molecular flexibility index (Phi) is 4.34. The SMILES string of the molecule is O=C(Nc1cccc2c1C(C1CNC1)NC2=O)c1cc(F)cc(C(F)(F)F)c1. The van der Waals surface area contributed by atoms with E-state index in [1.807, 2.05) is 0 Å². The molecule has 2 aliphatic heterocycles. The van der Waals surface area contributed by atoms with Gasteiger partial charge in [-0.1, -0.05) is 6.07 Å². The minimum atomic E-state index is -4.77. The molecule has 2 aromatic rings. The second-order valence-corrected chi connectivity index (χ2v) is 6.82. The van der Waals surface area contributed by atoms with E-state index in [-0.39, 0.29) is 17.9 Å². The lowest BCUT2D eigenvalue weighted by molar-refractivity contribution is -0.137. The number of amides is 2. The topological polar surface area (TPSA) is 70.2 Å². The highest BCUT2D eigenvalue weighted by Crippen LogP contribution is 2.38. The summed E-state index contributed by atoms with van der Waals surface area (Å²) < 4.78 is 52.3. The van der Waals surface area contributed by atoms with Gasteiger partial charge in [0.05, 0.1) is 11.6 Å². The molecule has 0 aliphatic carbocycles. The fourth-order valence-corrected chi connectivity index (χ4v) is 3.48. The molecule has 5 nitrogen and oxygen atoms in total. The van der Waals surface area contributed by atoms with E-state index in [1.54, 1.807) is 18.2 Å². The van der Waals surface area contributed by atoms with Crippen LogP contribution in [0.4, 0.5) is 23.2 Å². The molecule has 2 aliphatic rings. The molecule has 0 radical (unpaired) electrons. The Bertz CT molecular complexity index is 970. The van der Waals surface area contributed by atoms with Gasteiger partial charge in [-0.3, -0.25) is 9.59 Å². The summed E-state index contributed by atoms with van der Waals surface area (Å²) in [5.41, 5.74) is -0.379. The lowest BCUT2D eigenvalue weighted by atomic mass is 9.88. The van der Waals surface area contributed by atoms with Crippen LogP contribution in [0.5, 0.6) is 0 Å². The van der Waals surface area contributed by atoms with Gasteiger partial charge >= 0.3 is 6.18 Å². The Morgan fingerprint density at radius 1 is 1.14 bits per heavy atom. The van der Waals surface area contributed by atoms with E-state index < -0.39 is 29.0 Å². The summed E-state index contributed by atoms with van der Waals surface area (Å²) in [6.45, 7) is 1.40. The molecule has 1 fully saturated rings. The molecule has 2 aromatic carbocycles. The van der Waals surface area contributed by atoms with Crippen molar-refractivity contribution >= 4 is 17.5 Å². The van der Waals surface area contributed by atoms with Crippen LogP contribution >= 0.6 is 0 Å². The van der Waals surface area contributed by atoms with Crippen molar-refractivity contribution in [3.63, 3.8) is 0 Å². The number of rotatable bonds is 3. The van der Waals surface area contributed by atoms with Crippen LogP contribution in [0, 0.1) is 11.7 Å². The minimum Gasteiger partial charge on any atom is -0.345 e. The van der Waals surface area contributed by atoms with E-state index in [9.17, 15) is 27.2 Å². The molecule has 0 aromatic heterocycles. The second kappa shape index (κ2) is 6.59. The molecule has 2 amide bonds. The summed E-state index contributed by atoms with van der Waals surface area (Å²) in [6, 6.07) is 6.12. The Morgan fingerprint density at radius 2 is 1.89 bits per heavy atom. The van der Waals surface area contributed by atoms with E-state index in [0.29, 0.717) is 42.0 Å². The largest absolute Gasteiger partial charge is 0.416 e. The molecule has 1 saturated heterocycles. The monoisotopic (exact) mass is 393 g/mol. The molecule has 9 heteroatoms. The predicted molar refractivity (Wildman–Crippen MR) is 92.4 cm³/mol. The lowest BCUT2D eigenvalue weighted by Gasteiger charge is -2.33. The zero-order chi connectivity index (χ0) is 20.1. The van der Waals surface area contributed by atoms with Crippen molar-refractivity contribution in [2.45, 2.75) is 12.2 Å². The van der Waals surface area contributed by atoms with Crippen LogP contribution in [0.1, 0.15) is 37.9 Å². The molecule has 1 atom stereocenters. The third-order valence-electron chi connectivity index (χ3n) is 4.97. The van der Waals surface area contributed by atoms with Crippen LogP contribution in [-0.4, -0.2) is 24.9 Å². The van der Waals surface area contributed by atoms with E-state index >= 15 is 0 Å². The highest BCUT2D eigenvalue weighted by atomic mass is 19.4. The van der Waals surface area contributed by atoms with Crippen LogP contribution in [0.3, 0.4) is 0 Å². The maximum atomic E-state index is 13.6. The van der Waals surface area contributed by atoms with Crippen molar-refractivity contribution in [2.24, 2.45) is 5.92 Å². The number of hydrogen-bond acceptors (Lipinski definition) is 3. The Labute approximate surface area is 157 Å². The number of carbonyl (C=O) groups is 2. The maximum absolute atomic E-state index is 13.6. The average Bonchev–Trinajstić information content (AvgIpc) is 2.89. The number of nitrogens with one attached hydrogen (secondary N) is 3. The summed E-state index contributed by atoms with van der Waals surface area (Å²) >= 11 is 0. The first kappa shape index (κ1) is 18.4. The number of anilines is 1. The fourth-order valence-electron chi connectivity index (χ4n) is 3.48. The van der Waals surface area contributed by atoms with Gasteiger partial charge in [-0.25, -0.2) is 4.39 Å². The van der Waals surface area contributed by atoms with Gasteiger partial charge in [0, 0.05) is 41.4 Å². The van der Waals surface area contributed by atoms with Crippen molar-refractivity contribution in [2.75, 3.05) is 18.4 Å². The summed E-state index contributed by atoms with van der Waals surface area (Å²) in [6.07, 6.45) is -4.77. The zero-order valence-corrected chi connectivity index (χ0v) is 14.4. The third-order valence-corrected chi connectivity index (χ3v) is 4.97. The van der Waals surface area contributed by atoms with E-state index in [4.69, 9.17) is 0 Å². The number of halogens is 4. The van der Waals surface area contributed by atoms with E-state index in [0.717, 1.165) is 6.07 Å². The van der Waals surface area contributed by atoms with Gasteiger partial charge in [0.25, 0.3) is 11.8 Å². The summed E-state index contributed by atoms with van der Waals surface area (Å²) in [7, 11) is 0. The fraction of sp³-hybridized carbons (Fsp3) is 0.263. The van der Waals surface area contributed by atoms with Crippen LogP contribution in [-0.2, 0) is 6.18 Å². The Balaban J connectivity index is 1.67. The van der Waals surface area contributed by atoms with E-state index in [1.165, 1.54) is 0 Å². The Hall–Kier alpha value is -2.94. The number of fused-ring (bicyclic) bond motifs is 1. The summed E-state index contributed by atoms with van der Waals surface area (Å²) in [5.74, 6) is -2.17. The quantitative estimate of drug-likeness (QED) is 0.702. The van der Waals surface area contributed by atoms with Gasteiger partial charge < -0.3 is 16.0 Å². The molecule has 28 heavy (non-hydrogen) atoms. The third kappa shape index (κ3) is 3.22. The van der Waals surface area contributed by atoms with Crippen molar-refractivity contribution < 1.29 is 27.2 Å². The molecule has 3 N–H and O–H groups in total. The van der Waals surface area contributed by atoms with Crippen molar-refractivity contribution in [3.05, 3.63) is 64.5 Å². The van der Waals surface area contributed by atoms with Gasteiger partial charge in [0.2, 0.25) is 0 Å². The van der Waals surface area contributed by atoms with Crippen molar-refractivity contribution in [1.29, 1.82) is 0 Å². The van der Waals surface area contributed by atoms with Gasteiger partial charge in [-0.15, -0.1) is 0 Å². The lowest BCUT2D eigenvalue weighted by Crippen LogP contribution is -2.48. The number of carbonyl (C=O) groups excluding carboxylic acids is 2. The molecule has 0 spiro atoms. The number of alkyl halides is 3. The molecule has 0 bridgehead atoms. The standard InChI is InChI=1S/C19H15F4N3O2/c20-12-5-9(4-11(6-12)19(21,22)23)17(27)25-14-3-1-2-13-15(14)16(26-18(13)28)10-7-24-8-10/h1-6,10,16,24H,7-8H2,(H,25,27)(H,26,28). The first-order valence-electron chi connectivity index (χ1n) is 8.57. The minimum absolute atomic E-state index is 0.147. The molecular formula is C19H15F4N3O2. The number of hydrogen-bond donors (Lipinski definition) is 3. The maximum Gasteiger partial charge on any atom is 0.416 e. The van der Waals surface area contributed by atoms with Crippen LogP contribution in [0.2, 0.25) is 0 Å². The van der Waals surface area contributed by atoms with Crippen LogP contribution < -0.4 is 16.0 Å². The highest BCUT2D eigenvalue weighted by molar-refractivity contribution is 6.07. The predicted octanol–water partition coefficient (Wildman–Crippen LogP) is 3.10. The summed E-state index contributed by atoms with van der Waals surface area (Å²) in [4.78, 5) is 24.7. The first-order chi connectivity index (χ1) is 13.2. The Morgan fingerprint density at radius 3 is 2.54 bits per heavy atom. The average molecular weight is 393 g/mol. The smallest absolute Gasteiger partial charge is 0.345 e. The highest BCUT2D eigenvalue weighted by Gasteiger charge is 2.39. The van der Waals surface area contributed by atoms with Gasteiger partial charge in [-0.2, -0.15) is 13.2 Å². The van der Waals surface area contributed by atoms with Gasteiger partial charge in [0.1, 0.15) is 5.82 Å². The summed E-state index contributed by atoms with van der Waals surface area (Å²) in [5, 5.41) is 8.52.